The minimum Gasteiger partial charge on any atom is -0.494 e. The zero-order chi connectivity index (χ0) is 19.2. The molecule has 3 rings (SSSR count). The number of benzene rings is 2. The summed E-state index contributed by atoms with van der Waals surface area (Å²) in [4.78, 5) is 36.1. The number of anilines is 1. The molecule has 3 amide bonds. The van der Waals surface area contributed by atoms with Crippen LogP contribution >= 0.6 is 0 Å². The lowest BCUT2D eigenvalue weighted by Crippen LogP contribution is -2.46. The van der Waals surface area contributed by atoms with E-state index in [4.69, 9.17) is 9.47 Å². The average molecular weight is 369 g/mol. The first-order valence-electron chi connectivity index (χ1n) is 8.45. The van der Waals surface area contributed by atoms with Gasteiger partial charge >= 0.3 is 0 Å². The zero-order valence-corrected chi connectivity index (χ0v) is 14.7. The van der Waals surface area contributed by atoms with Crippen molar-refractivity contribution < 1.29 is 23.9 Å². The van der Waals surface area contributed by atoms with Gasteiger partial charge in [-0.3, -0.25) is 25.2 Å². The molecule has 0 bridgehead atoms. The summed E-state index contributed by atoms with van der Waals surface area (Å²) >= 11 is 0. The first kappa shape index (κ1) is 18.2. The van der Waals surface area contributed by atoms with E-state index in [9.17, 15) is 14.4 Å². The van der Waals surface area contributed by atoms with E-state index in [-0.39, 0.29) is 6.42 Å². The minimum atomic E-state index is -0.970. The fourth-order valence-corrected chi connectivity index (χ4v) is 2.51. The number of fused-ring (bicyclic) bond motifs is 1. The average Bonchev–Trinajstić information content (AvgIpc) is 2.67. The van der Waals surface area contributed by atoms with Gasteiger partial charge in [0.1, 0.15) is 11.5 Å². The molecule has 8 heteroatoms. The summed E-state index contributed by atoms with van der Waals surface area (Å²) in [7, 11) is 0. The number of carbonyl (C=O) groups is 3. The molecule has 0 aromatic heterocycles. The molecule has 27 heavy (non-hydrogen) atoms. The molecule has 0 saturated carbocycles. The summed E-state index contributed by atoms with van der Waals surface area (Å²) in [6, 6.07) is 13.4. The number of hydrogen-bond donors (Lipinski definition) is 3. The molecule has 0 unspecified atom stereocenters. The van der Waals surface area contributed by atoms with E-state index in [0.29, 0.717) is 29.4 Å². The van der Waals surface area contributed by atoms with E-state index >= 15 is 0 Å². The van der Waals surface area contributed by atoms with Crippen LogP contribution in [0, 0.1) is 0 Å². The fourth-order valence-electron chi connectivity index (χ4n) is 2.51. The number of hydrazine groups is 1. The fraction of sp³-hybridized carbons (Fsp3) is 0.211. The summed E-state index contributed by atoms with van der Waals surface area (Å²) in [5.74, 6) is -0.298. The van der Waals surface area contributed by atoms with Crippen LogP contribution < -0.4 is 25.6 Å². The van der Waals surface area contributed by atoms with Gasteiger partial charge in [-0.2, -0.15) is 0 Å². The standard InChI is InChI=1S/C19H19N3O5/c1-2-26-13-9-7-12(8-10-13)18(24)22-21-17(23)11-16-19(25)20-14-5-3-4-6-15(14)27-16/h3-10,16H,2,11H2,1H3,(H,20,25)(H,21,23)(H,22,24)/t16-/m1/s1. The quantitative estimate of drug-likeness (QED) is 0.695. The number of nitrogens with one attached hydrogen (secondary N) is 3. The summed E-state index contributed by atoms with van der Waals surface area (Å²) in [5.41, 5.74) is 5.51. The van der Waals surface area contributed by atoms with Crippen LogP contribution in [0.3, 0.4) is 0 Å². The highest BCUT2D eigenvalue weighted by molar-refractivity contribution is 6.00. The van der Waals surface area contributed by atoms with Crippen LogP contribution in [0.1, 0.15) is 23.7 Å². The highest BCUT2D eigenvalue weighted by Crippen LogP contribution is 2.29. The minimum absolute atomic E-state index is 0.232. The topological polar surface area (TPSA) is 106 Å². The van der Waals surface area contributed by atoms with Crippen molar-refractivity contribution in [2.75, 3.05) is 11.9 Å². The molecule has 0 spiro atoms. The molecule has 1 aliphatic heterocycles. The smallest absolute Gasteiger partial charge is 0.269 e. The number of ether oxygens (including phenoxy) is 2. The lowest BCUT2D eigenvalue weighted by atomic mass is 10.1. The van der Waals surface area contributed by atoms with E-state index in [2.05, 4.69) is 16.2 Å². The SMILES string of the molecule is CCOc1ccc(C(=O)NNC(=O)C[C@H]2Oc3ccccc3NC2=O)cc1. The number of para-hydroxylation sites is 2. The molecule has 0 saturated heterocycles. The molecule has 2 aromatic rings. The van der Waals surface area contributed by atoms with E-state index < -0.39 is 23.8 Å². The van der Waals surface area contributed by atoms with Gasteiger partial charge in [0, 0.05) is 5.56 Å². The van der Waals surface area contributed by atoms with Crippen molar-refractivity contribution in [3.63, 3.8) is 0 Å². The first-order chi connectivity index (χ1) is 13.1. The summed E-state index contributed by atoms with van der Waals surface area (Å²) in [5, 5.41) is 2.68. The van der Waals surface area contributed by atoms with Crippen molar-refractivity contribution in [1.82, 2.24) is 10.9 Å². The van der Waals surface area contributed by atoms with E-state index in [0.717, 1.165) is 0 Å². The number of carbonyl (C=O) groups excluding carboxylic acids is 3. The monoisotopic (exact) mass is 369 g/mol. The molecular formula is C19H19N3O5. The highest BCUT2D eigenvalue weighted by Gasteiger charge is 2.29. The largest absolute Gasteiger partial charge is 0.494 e. The van der Waals surface area contributed by atoms with Crippen LogP contribution in [0.15, 0.2) is 48.5 Å². The molecular weight excluding hydrogens is 350 g/mol. The molecule has 1 heterocycles. The third-order valence-electron chi connectivity index (χ3n) is 3.82. The molecule has 8 nitrogen and oxygen atoms in total. The lowest BCUT2D eigenvalue weighted by Gasteiger charge is -2.25. The Morgan fingerprint density at radius 3 is 2.59 bits per heavy atom. The van der Waals surface area contributed by atoms with Gasteiger partial charge in [0.25, 0.3) is 11.8 Å². The van der Waals surface area contributed by atoms with Crippen molar-refractivity contribution in [2.24, 2.45) is 0 Å². The van der Waals surface area contributed by atoms with Crippen LogP contribution in [0.5, 0.6) is 11.5 Å². The highest BCUT2D eigenvalue weighted by atomic mass is 16.5. The van der Waals surface area contributed by atoms with Gasteiger partial charge in [0.2, 0.25) is 5.91 Å². The Hall–Kier alpha value is -3.55. The third-order valence-corrected chi connectivity index (χ3v) is 3.82. The molecule has 0 fully saturated rings. The van der Waals surface area contributed by atoms with Crippen LogP contribution in [0.4, 0.5) is 5.69 Å². The predicted octanol–water partition coefficient (Wildman–Crippen LogP) is 1.64. The van der Waals surface area contributed by atoms with E-state index in [1.165, 1.54) is 0 Å². The molecule has 0 aliphatic carbocycles. The van der Waals surface area contributed by atoms with Gasteiger partial charge in [-0.05, 0) is 43.3 Å². The maximum Gasteiger partial charge on any atom is 0.269 e. The Balaban J connectivity index is 1.51. The predicted molar refractivity (Wildman–Crippen MR) is 97.3 cm³/mol. The number of hydrogen-bond acceptors (Lipinski definition) is 5. The van der Waals surface area contributed by atoms with Crippen LogP contribution in [0.2, 0.25) is 0 Å². The molecule has 0 radical (unpaired) electrons. The van der Waals surface area contributed by atoms with Gasteiger partial charge in [0.05, 0.1) is 18.7 Å². The van der Waals surface area contributed by atoms with Crippen LogP contribution in [-0.2, 0) is 9.59 Å². The van der Waals surface area contributed by atoms with Crippen molar-refractivity contribution in [3.8, 4) is 11.5 Å². The maximum atomic E-state index is 12.1. The van der Waals surface area contributed by atoms with Gasteiger partial charge < -0.3 is 14.8 Å². The van der Waals surface area contributed by atoms with E-state index in [1.807, 2.05) is 6.92 Å². The van der Waals surface area contributed by atoms with Gasteiger partial charge in [0.15, 0.2) is 6.10 Å². The van der Waals surface area contributed by atoms with Crippen molar-refractivity contribution in [3.05, 3.63) is 54.1 Å². The Morgan fingerprint density at radius 2 is 1.85 bits per heavy atom. The van der Waals surface area contributed by atoms with Gasteiger partial charge in [-0.1, -0.05) is 12.1 Å². The Labute approximate surface area is 155 Å². The Morgan fingerprint density at radius 1 is 1.11 bits per heavy atom. The van der Waals surface area contributed by atoms with Gasteiger partial charge in [-0.15, -0.1) is 0 Å². The van der Waals surface area contributed by atoms with Crippen molar-refractivity contribution in [2.45, 2.75) is 19.4 Å². The molecule has 3 N–H and O–H groups in total. The number of rotatable bonds is 5. The van der Waals surface area contributed by atoms with Crippen molar-refractivity contribution >= 4 is 23.4 Å². The third kappa shape index (κ3) is 4.55. The Kier molecular flexibility index (Phi) is 5.55. The maximum absolute atomic E-state index is 12.1. The second-order valence-electron chi connectivity index (χ2n) is 5.76. The summed E-state index contributed by atoms with van der Waals surface area (Å²) in [6.07, 6.45) is -1.20. The Bertz CT molecular complexity index is 851. The molecule has 1 aliphatic rings. The van der Waals surface area contributed by atoms with Crippen LogP contribution in [0.25, 0.3) is 0 Å². The van der Waals surface area contributed by atoms with E-state index in [1.54, 1.807) is 48.5 Å². The zero-order valence-electron chi connectivity index (χ0n) is 14.7. The second kappa shape index (κ2) is 8.22. The number of amides is 3. The molecule has 140 valence electrons. The second-order valence-corrected chi connectivity index (χ2v) is 5.76. The first-order valence-corrected chi connectivity index (χ1v) is 8.45. The van der Waals surface area contributed by atoms with Crippen LogP contribution in [-0.4, -0.2) is 30.4 Å². The lowest BCUT2D eigenvalue weighted by molar-refractivity contribution is -0.130. The summed E-state index contributed by atoms with van der Waals surface area (Å²) in [6.45, 7) is 2.40. The van der Waals surface area contributed by atoms with Crippen molar-refractivity contribution in [1.29, 1.82) is 0 Å². The van der Waals surface area contributed by atoms with Gasteiger partial charge in [-0.25, -0.2) is 0 Å². The summed E-state index contributed by atoms with van der Waals surface area (Å²) < 4.78 is 10.8. The molecule has 2 aromatic carbocycles. The molecule has 1 atom stereocenters. The normalized spacial score (nSPS) is 15.0.